The highest BCUT2D eigenvalue weighted by molar-refractivity contribution is 6.10. The second-order valence-corrected chi connectivity index (χ2v) is 7.66. The van der Waals surface area contributed by atoms with E-state index in [9.17, 15) is 0 Å². The molecule has 0 radical (unpaired) electrons. The summed E-state index contributed by atoms with van der Waals surface area (Å²) in [4.78, 5) is 0. The Kier molecular flexibility index (Phi) is 4.02. The van der Waals surface area contributed by atoms with Gasteiger partial charge in [-0.2, -0.15) is 0 Å². The maximum atomic E-state index is 2.48. The largest absolute Gasteiger partial charge is 0.338 e. The number of nitrogens with zero attached hydrogens (tertiary/aromatic N) is 1. The van der Waals surface area contributed by atoms with Crippen LogP contribution in [0.5, 0.6) is 0 Å². The van der Waals surface area contributed by atoms with E-state index in [0.29, 0.717) is 6.04 Å². The molecule has 0 aliphatic rings. The first-order chi connectivity index (χ1) is 13.7. The van der Waals surface area contributed by atoms with Crippen molar-refractivity contribution < 1.29 is 0 Å². The third-order valence-electron chi connectivity index (χ3n) is 5.54. The molecule has 0 aliphatic heterocycles. The smallest absolute Gasteiger partial charge is 0.0500 e. The van der Waals surface area contributed by atoms with Gasteiger partial charge in [-0.1, -0.05) is 84.9 Å². The molecule has 4 aromatic carbocycles. The van der Waals surface area contributed by atoms with Crippen molar-refractivity contribution in [3.63, 3.8) is 0 Å². The molecule has 0 saturated carbocycles. The summed E-state index contributed by atoms with van der Waals surface area (Å²) >= 11 is 0. The van der Waals surface area contributed by atoms with Crippen molar-refractivity contribution in [2.24, 2.45) is 0 Å². The van der Waals surface area contributed by atoms with E-state index < -0.39 is 0 Å². The van der Waals surface area contributed by atoms with Crippen LogP contribution in [0.3, 0.4) is 0 Å². The monoisotopic (exact) mass is 361 g/mol. The second kappa shape index (κ2) is 6.69. The highest BCUT2D eigenvalue weighted by Crippen LogP contribution is 2.36. The molecular weight excluding hydrogens is 338 g/mol. The molecule has 0 amide bonds. The van der Waals surface area contributed by atoms with Crippen molar-refractivity contribution in [1.29, 1.82) is 0 Å². The van der Waals surface area contributed by atoms with E-state index in [1.54, 1.807) is 0 Å². The highest BCUT2D eigenvalue weighted by Gasteiger charge is 2.14. The van der Waals surface area contributed by atoms with E-state index >= 15 is 0 Å². The SMILES string of the molecule is CC(C)n1c2cc(-c3ccccc3)ccc2c2ccc(-c3ccccc3)cc21. The lowest BCUT2D eigenvalue weighted by Crippen LogP contribution is -2.00. The number of benzene rings is 4. The standard InChI is InChI=1S/C27H23N/c1-19(2)28-26-17-22(20-9-5-3-6-10-20)13-15-24(26)25-16-14-23(18-27(25)28)21-11-7-4-8-12-21/h3-19H,1-2H3. The van der Waals surface area contributed by atoms with Crippen molar-refractivity contribution in [1.82, 2.24) is 4.57 Å². The molecule has 1 aromatic heterocycles. The van der Waals surface area contributed by atoms with Crippen LogP contribution in [0.1, 0.15) is 19.9 Å². The zero-order valence-electron chi connectivity index (χ0n) is 16.3. The van der Waals surface area contributed by atoms with E-state index in [4.69, 9.17) is 0 Å². The Labute approximate surface area is 165 Å². The van der Waals surface area contributed by atoms with Gasteiger partial charge in [-0.05, 0) is 48.2 Å². The number of aromatic nitrogens is 1. The van der Waals surface area contributed by atoms with Crippen molar-refractivity contribution >= 4 is 21.8 Å². The van der Waals surface area contributed by atoms with Crippen molar-refractivity contribution in [2.75, 3.05) is 0 Å². The summed E-state index contributed by atoms with van der Waals surface area (Å²) in [6.45, 7) is 4.53. The zero-order valence-corrected chi connectivity index (χ0v) is 16.3. The van der Waals surface area contributed by atoms with Gasteiger partial charge in [-0.3, -0.25) is 0 Å². The van der Waals surface area contributed by atoms with Gasteiger partial charge >= 0.3 is 0 Å². The molecule has 0 bridgehead atoms. The summed E-state index contributed by atoms with van der Waals surface area (Å²) in [6.07, 6.45) is 0. The fraction of sp³-hybridized carbons (Fsp3) is 0.111. The Bertz CT molecular complexity index is 1160. The third kappa shape index (κ3) is 2.71. The lowest BCUT2D eigenvalue weighted by molar-refractivity contribution is 0.642. The Morgan fingerprint density at radius 3 is 1.32 bits per heavy atom. The van der Waals surface area contributed by atoms with Crippen LogP contribution in [0.25, 0.3) is 44.1 Å². The normalized spacial score (nSPS) is 11.5. The maximum absolute atomic E-state index is 2.48. The topological polar surface area (TPSA) is 4.93 Å². The molecule has 1 heteroatoms. The zero-order chi connectivity index (χ0) is 19.1. The molecule has 28 heavy (non-hydrogen) atoms. The van der Waals surface area contributed by atoms with Crippen molar-refractivity contribution in [3.05, 3.63) is 97.1 Å². The molecule has 0 aliphatic carbocycles. The molecule has 1 nitrogen and oxygen atoms in total. The van der Waals surface area contributed by atoms with Gasteiger partial charge < -0.3 is 4.57 Å². The Hall–Kier alpha value is -3.32. The lowest BCUT2D eigenvalue weighted by Gasteiger charge is -2.13. The van der Waals surface area contributed by atoms with Crippen molar-refractivity contribution in [3.8, 4) is 22.3 Å². The highest BCUT2D eigenvalue weighted by atomic mass is 15.0. The molecule has 136 valence electrons. The Balaban J connectivity index is 1.79. The molecule has 0 spiro atoms. The molecule has 0 atom stereocenters. The van der Waals surface area contributed by atoms with Crippen LogP contribution in [-0.2, 0) is 0 Å². The van der Waals surface area contributed by atoms with Crippen LogP contribution in [-0.4, -0.2) is 4.57 Å². The van der Waals surface area contributed by atoms with Crippen LogP contribution >= 0.6 is 0 Å². The Morgan fingerprint density at radius 1 is 0.500 bits per heavy atom. The van der Waals surface area contributed by atoms with E-state index in [0.717, 1.165) is 0 Å². The first-order valence-electron chi connectivity index (χ1n) is 9.91. The first-order valence-corrected chi connectivity index (χ1v) is 9.91. The molecular formula is C27H23N. The molecule has 0 N–H and O–H groups in total. The minimum absolute atomic E-state index is 0.386. The average Bonchev–Trinajstić information content (AvgIpc) is 3.08. The number of hydrogen-bond donors (Lipinski definition) is 0. The quantitative estimate of drug-likeness (QED) is 0.310. The summed E-state index contributed by atoms with van der Waals surface area (Å²) in [5, 5.41) is 2.64. The fourth-order valence-corrected chi connectivity index (χ4v) is 4.22. The summed E-state index contributed by atoms with van der Waals surface area (Å²) in [5.41, 5.74) is 7.65. The van der Waals surface area contributed by atoms with Crippen molar-refractivity contribution in [2.45, 2.75) is 19.9 Å². The summed E-state index contributed by atoms with van der Waals surface area (Å²) in [6, 6.07) is 35.4. The molecule has 1 heterocycles. The average molecular weight is 361 g/mol. The van der Waals surface area contributed by atoms with Crippen LogP contribution in [0.2, 0.25) is 0 Å². The third-order valence-corrected chi connectivity index (χ3v) is 5.54. The molecule has 0 unspecified atom stereocenters. The van der Waals surface area contributed by atoms with E-state index in [1.165, 1.54) is 44.1 Å². The maximum Gasteiger partial charge on any atom is 0.0500 e. The molecule has 0 fully saturated rings. The van der Waals surface area contributed by atoms with Gasteiger partial charge in [0.15, 0.2) is 0 Å². The first kappa shape index (κ1) is 16.8. The molecule has 5 aromatic rings. The summed E-state index contributed by atoms with van der Waals surface area (Å²) in [7, 11) is 0. The van der Waals surface area contributed by atoms with Gasteiger partial charge in [-0.25, -0.2) is 0 Å². The Morgan fingerprint density at radius 2 is 0.929 bits per heavy atom. The van der Waals surface area contributed by atoms with Crippen LogP contribution in [0.4, 0.5) is 0 Å². The minimum Gasteiger partial charge on any atom is -0.338 e. The van der Waals surface area contributed by atoms with Gasteiger partial charge in [0.2, 0.25) is 0 Å². The predicted octanol–water partition coefficient (Wildman–Crippen LogP) is 7.71. The lowest BCUT2D eigenvalue weighted by atomic mass is 10.0. The van der Waals surface area contributed by atoms with Crippen LogP contribution in [0, 0.1) is 0 Å². The number of hydrogen-bond acceptors (Lipinski definition) is 0. The fourth-order valence-electron chi connectivity index (χ4n) is 4.22. The van der Waals surface area contributed by atoms with E-state index in [1.807, 2.05) is 0 Å². The molecule has 0 saturated heterocycles. The van der Waals surface area contributed by atoms with Gasteiger partial charge in [0.25, 0.3) is 0 Å². The minimum atomic E-state index is 0.386. The van der Waals surface area contributed by atoms with Gasteiger partial charge in [0, 0.05) is 27.8 Å². The predicted molar refractivity (Wildman–Crippen MR) is 121 cm³/mol. The van der Waals surface area contributed by atoms with E-state index in [-0.39, 0.29) is 0 Å². The number of fused-ring (bicyclic) bond motifs is 3. The summed E-state index contributed by atoms with van der Waals surface area (Å²) in [5.74, 6) is 0. The second-order valence-electron chi connectivity index (χ2n) is 7.66. The summed E-state index contributed by atoms with van der Waals surface area (Å²) < 4.78 is 2.48. The van der Waals surface area contributed by atoms with E-state index in [2.05, 4.69) is 115 Å². The molecule has 5 rings (SSSR count). The van der Waals surface area contributed by atoms with Gasteiger partial charge in [-0.15, -0.1) is 0 Å². The number of rotatable bonds is 3. The van der Waals surface area contributed by atoms with Crippen LogP contribution in [0.15, 0.2) is 97.1 Å². The van der Waals surface area contributed by atoms with Gasteiger partial charge in [0.1, 0.15) is 0 Å². The van der Waals surface area contributed by atoms with Gasteiger partial charge in [0.05, 0.1) is 0 Å². The van der Waals surface area contributed by atoms with Crippen LogP contribution < -0.4 is 0 Å².